The van der Waals surface area contributed by atoms with Crippen molar-refractivity contribution in [3.05, 3.63) is 59.7 Å². The maximum Gasteiger partial charge on any atom is 0.261 e. The molecule has 0 fully saturated rings. The molecule has 0 aromatic heterocycles. The molecule has 0 aliphatic carbocycles. The minimum Gasteiger partial charge on any atom is -0.394 e. The van der Waals surface area contributed by atoms with E-state index in [1.165, 1.54) is 4.90 Å². The van der Waals surface area contributed by atoms with Crippen molar-refractivity contribution in [1.29, 1.82) is 0 Å². The van der Waals surface area contributed by atoms with E-state index in [1.807, 2.05) is 36.4 Å². The first-order valence-corrected chi connectivity index (χ1v) is 8.31. The Kier molecular flexibility index (Phi) is 2.74. The predicted molar refractivity (Wildman–Crippen MR) is 97.2 cm³/mol. The molecule has 1 N–H and O–H groups in total. The molecule has 25 heavy (non-hydrogen) atoms. The average Bonchev–Trinajstić information content (AvgIpc) is 2.64. The summed E-state index contributed by atoms with van der Waals surface area (Å²) in [4.78, 5) is 27.2. The minimum absolute atomic E-state index is 0.255. The van der Waals surface area contributed by atoms with E-state index in [9.17, 15) is 14.7 Å². The third-order valence-corrected chi connectivity index (χ3v) is 5.23. The van der Waals surface area contributed by atoms with E-state index in [0.29, 0.717) is 11.1 Å². The van der Waals surface area contributed by atoms with Crippen molar-refractivity contribution in [2.45, 2.75) is 13.0 Å². The molecule has 1 unspecified atom stereocenters. The first kappa shape index (κ1) is 14.4. The number of aliphatic hydroxyl groups excluding tert-OH is 1. The Bertz CT molecular complexity index is 1190. The first-order valence-electron chi connectivity index (χ1n) is 8.31. The minimum atomic E-state index is -0.558. The van der Waals surface area contributed by atoms with Gasteiger partial charge in [0, 0.05) is 16.5 Å². The number of benzene rings is 4. The molecule has 5 rings (SSSR count). The van der Waals surface area contributed by atoms with Gasteiger partial charge in [0.1, 0.15) is 0 Å². The third kappa shape index (κ3) is 1.69. The summed E-state index contributed by atoms with van der Waals surface area (Å²) in [5.74, 6) is -0.671. The first-order chi connectivity index (χ1) is 12.1. The van der Waals surface area contributed by atoms with E-state index in [-0.39, 0.29) is 18.4 Å². The summed E-state index contributed by atoms with van der Waals surface area (Å²) in [6.45, 7) is 1.42. The van der Waals surface area contributed by atoms with E-state index in [2.05, 4.69) is 6.07 Å². The van der Waals surface area contributed by atoms with Crippen molar-refractivity contribution >= 4 is 44.1 Å². The number of imide groups is 1. The number of nitrogens with zero attached hydrogens (tertiary/aromatic N) is 1. The molecule has 0 saturated carbocycles. The quantitative estimate of drug-likeness (QED) is 0.452. The smallest absolute Gasteiger partial charge is 0.261 e. The van der Waals surface area contributed by atoms with Gasteiger partial charge in [0.05, 0.1) is 12.6 Å². The summed E-state index contributed by atoms with van der Waals surface area (Å²) in [6, 6.07) is 15.2. The van der Waals surface area contributed by atoms with E-state index in [1.54, 1.807) is 13.0 Å². The molecule has 4 nitrogen and oxygen atoms in total. The highest BCUT2D eigenvalue weighted by Crippen LogP contribution is 2.41. The molecule has 4 heteroatoms. The fourth-order valence-electron chi connectivity index (χ4n) is 4.03. The van der Waals surface area contributed by atoms with Crippen LogP contribution in [0.4, 0.5) is 0 Å². The Hall–Kier alpha value is -2.98. The zero-order valence-electron chi connectivity index (χ0n) is 13.6. The lowest BCUT2D eigenvalue weighted by molar-refractivity contribution is 0.0492. The second-order valence-electron chi connectivity index (χ2n) is 6.67. The highest BCUT2D eigenvalue weighted by molar-refractivity contribution is 6.34. The maximum atomic E-state index is 13.0. The second-order valence-corrected chi connectivity index (χ2v) is 6.67. The summed E-state index contributed by atoms with van der Waals surface area (Å²) in [5, 5.41) is 15.4. The van der Waals surface area contributed by atoms with Crippen LogP contribution in [0.5, 0.6) is 0 Å². The van der Waals surface area contributed by atoms with Gasteiger partial charge >= 0.3 is 0 Å². The van der Waals surface area contributed by atoms with Crippen LogP contribution in [0.1, 0.15) is 27.6 Å². The van der Waals surface area contributed by atoms with Gasteiger partial charge in [-0.1, -0.05) is 36.4 Å². The van der Waals surface area contributed by atoms with Crippen molar-refractivity contribution in [3.63, 3.8) is 0 Å². The number of hydrogen-bond donors (Lipinski definition) is 1. The molecule has 0 radical (unpaired) electrons. The molecule has 2 amide bonds. The van der Waals surface area contributed by atoms with Crippen molar-refractivity contribution in [2.75, 3.05) is 6.61 Å². The third-order valence-electron chi connectivity index (χ3n) is 5.23. The topological polar surface area (TPSA) is 57.6 Å². The molecular formula is C21H15NO3. The van der Waals surface area contributed by atoms with Crippen LogP contribution in [0.15, 0.2) is 48.5 Å². The fourth-order valence-corrected chi connectivity index (χ4v) is 4.03. The van der Waals surface area contributed by atoms with Gasteiger partial charge in [0.2, 0.25) is 0 Å². The Morgan fingerprint density at radius 2 is 1.48 bits per heavy atom. The zero-order valence-corrected chi connectivity index (χ0v) is 13.6. The van der Waals surface area contributed by atoms with Crippen LogP contribution < -0.4 is 0 Å². The molecule has 1 heterocycles. The number of rotatable bonds is 2. The van der Waals surface area contributed by atoms with Gasteiger partial charge in [-0.2, -0.15) is 0 Å². The van der Waals surface area contributed by atoms with Crippen LogP contribution in [-0.2, 0) is 0 Å². The van der Waals surface area contributed by atoms with Crippen LogP contribution in [0.2, 0.25) is 0 Å². The highest BCUT2D eigenvalue weighted by atomic mass is 16.3. The number of carbonyl (C=O) groups is 2. The summed E-state index contributed by atoms with van der Waals surface area (Å²) >= 11 is 0. The van der Waals surface area contributed by atoms with E-state index in [4.69, 9.17) is 0 Å². The Balaban J connectivity index is 1.99. The molecule has 122 valence electrons. The lowest BCUT2D eigenvalue weighted by atomic mass is 9.86. The standard InChI is InChI=1S/C21H15NO3/c1-11(10-23)22-20(24)15-8-7-13-6-5-12-3-2-4-14-9-16(21(22)25)19(15)18(13)17(12)14/h2-9,11,23H,10H2,1H3. The number of hydrogen-bond acceptors (Lipinski definition) is 3. The lowest BCUT2D eigenvalue weighted by Crippen LogP contribution is -2.47. The SMILES string of the molecule is CC(CO)N1C(=O)c2ccc3ccc4cccc5cc(c2c3c45)C1=O. The summed E-state index contributed by atoms with van der Waals surface area (Å²) < 4.78 is 0. The van der Waals surface area contributed by atoms with E-state index in [0.717, 1.165) is 32.3 Å². The van der Waals surface area contributed by atoms with Crippen LogP contribution in [0.25, 0.3) is 32.3 Å². The number of aliphatic hydroxyl groups is 1. The van der Waals surface area contributed by atoms with E-state index >= 15 is 0 Å². The Labute approximate surface area is 143 Å². The van der Waals surface area contributed by atoms with Gasteiger partial charge in [-0.3, -0.25) is 14.5 Å². The molecule has 0 saturated heterocycles. The largest absolute Gasteiger partial charge is 0.394 e. The Morgan fingerprint density at radius 1 is 0.840 bits per heavy atom. The van der Waals surface area contributed by atoms with Gasteiger partial charge in [0.25, 0.3) is 11.8 Å². The van der Waals surface area contributed by atoms with Crippen LogP contribution in [0, 0.1) is 0 Å². The molecule has 1 atom stereocenters. The van der Waals surface area contributed by atoms with Crippen LogP contribution in [-0.4, -0.2) is 34.5 Å². The number of amides is 2. The monoisotopic (exact) mass is 329 g/mol. The Morgan fingerprint density at radius 3 is 2.24 bits per heavy atom. The van der Waals surface area contributed by atoms with Crippen molar-refractivity contribution < 1.29 is 14.7 Å². The highest BCUT2D eigenvalue weighted by Gasteiger charge is 2.36. The zero-order chi connectivity index (χ0) is 17.3. The van der Waals surface area contributed by atoms with Crippen molar-refractivity contribution in [1.82, 2.24) is 4.90 Å². The van der Waals surface area contributed by atoms with Gasteiger partial charge in [-0.05, 0) is 46.0 Å². The maximum absolute atomic E-state index is 13.0. The van der Waals surface area contributed by atoms with Gasteiger partial charge in [0.15, 0.2) is 0 Å². The molecule has 4 aromatic carbocycles. The molecule has 1 aliphatic rings. The van der Waals surface area contributed by atoms with Gasteiger partial charge in [-0.25, -0.2) is 0 Å². The molecule has 1 aliphatic heterocycles. The average molecular weight is 329 g/mol. The normalized spacial score (nSPS) is 15.7. The summed E-state index contributed by atoms with van der Waals surface area (Å²) in [6.07, 6.45) is 0. The molecule has 4 aromatic rings. The fraction of sp³-hybridized carbons (Fsp3) is 0.143. The second kappa shape index (κ2) is 4.77. The van der Waals surface area contributed by atoms with Crippen LogP contribution in [0.3, 0.4) is 0 Å². The van der Waals surface area contributed by atoms with E-state index < -0.39 is 6.04 Å². The predicted octanol–water partition coefficient (Wildman–Crippen LogP) is 3.56. The van der Waals surface area contributed by atoms with Crippen molar-refractivity contribution in [3.8, 4) is 0 Å². The summed E-state index contributed by atoms with van der Waals surface area (Å²) in [5.41, 5.74) is 1.06. The molecule has 0 bridgehead atoms. The van der Waals surface area contributed by atoms with Crippen LogP contribution >= 0.6 is 0 Å². The number of carbonyl (C=O) groups excluding carboxylic acids is 2. The molecular weight excluding hydrogens is 314 g/mol. The summed E-state index contributed by atoms with van der Waals surface area (Å²) in [7, 11) is 0. The van der Waals surface area contributed by atoms with Gasteiger partial charge in [-0.15, -0.1) is 0 Å². The lowest BCUT2D eigenvalue weighted by Gasteiger charge is -2.31. The van der Waals surface area contributed by atoms with Crippen molar-refractivity contribution in [2.24, 2.45) is 0 Å². The van der Waals surface area contributed by atoms with Gasteiger partial charge < -0.3 is 5.11 Å². The molecule has 0 spiro atoms.